The molecule has 0 bridgehead atoms. The highest BCUT2D eigenvalue weighted by atomic mass is 16.5. The molecule has 2 amide bonds. The zero-order chi connectivity index (χ0) is 23.1. The van der Waals surface area contributed by atoms with Crippen LogP contribution in [0.15, 0.2) is 41.0 Å². The Morgan fingerprint density at radius 3 is 2.56 bits per heavy atom. The van der Waals surface area contributed by atoms with Gasteiger partial charge in [0.25, 0.3) is 5.91 Å². The van der Waals surface area contributed by atoms with Gasteiger partial charge in [-0.15, -0.1) is 0 Å². The molecule has 0 saturated carbocycles. The lowest BCUT2D eigenvalue weighted by molar-refractivity contribution is -0.138. The second-order valence-electron chi connectivity index (χ2n) is 8.54. The fourth-order valence-electron chi connectivity index (χ4n) is 4.19. The summed E-state index contributed by atoms with van der Waals surface area (Å²) in [5.41, 5.74) is 2.65. The topological polar surface area (TPSA) is 75.0 Å². The Morgan fingerprint density at radius 2 is 1.97 bits per heavy atom. The van der Waals surface area contributed by atoms with E-state index in [0.29, 0.717) is 18.8 Å². The summed E-state index contributed by atoms with van der Waals surface area (Å²) >= 11 is 0. The van der Waals surface area contributed by atoms with Crippen LogP contribution < -0.4 is 10.2 Å². The van der Waals surface area contributed by atoms with Crippen molar-refractivity contribution in [1.82, 2.24) is 4.90 Å². The molecular weight excluding hydrogens is 406 g/mol. The fraction of sp³-hybridized carbons (Fsp3) is 0.520. The number of nitrogens with one attached hydrogen (secondary N) is 1. The monoisotopic (exact) mass is 441 g/mol. The molecule has 1 N–H and O–H groups in total. The third kappa shape index (κ3) is 5.91. The quantitative estimate of drug-likeness (QED) is 0.586. The molecule has 2 heterocycles. The van der Waals surface area contributed by atoms with E-state index in [1.165, 1.54) is 6.26 Å². The highest BCUT2D eigenvalue weighted by Gasteiger charge is 2.27. The Kier molecular flexibility index (Phi) is 8.33. The molecule has 32 heavy (non-hydrogen) atoms. The highest BCUT2D eigenvalue weighted by Crippen LogP contribution is 2.27. The van der Waals surface area contributed by atoms with Crippen LogP contribution in [0.5, 0.6) is 0 Å². The van der Waals surface area contributed by atoms with Crippen molar-refractivity contribution in [3.63, 3.8) is 0 Å². The van der Waals surface area contributed by atoms with E-state index < -0.39 is 0 Å². The SMILES string of the molecule is CCC(CC)C(=O)N(Cc1cc(NC(=O)c2ccco2)ccc1N(C)C)C[C@H]1CCCO1. The maximum Gasteiger partial charge on any atom is 0.291 e. The van der Waals surface area contributed by atoms with Crippen LogP contribution >= 0.6 is 0 Å². The Hall–Kier alpha value is -2.80. The largest absolute Gasteiger partial charge is 0.459 e. The van der Waals surface area contributed by atoms with Crippen LogP contribution in [0.4, 0.5) is 11.4 Å². The normalized spacial score (nSPS) is 15.7. The first-order chi connectivity index (χ1) is 15.4. The maximum atomic E-state index is 13.4. The first kappa shape index (κ1) is 23.9. The molecule has 3 rings (SSSR count). The Labute approximate surface area is 190 Å². The average Bonchev–Trinajstić information content (AvgIpc) is 3.48. The number of anilines is 2. The van der Waals surface area contributed by atoms with Gasteiger partial charge in [0.2, 0.25) is 5.91 Å². The smallest absolute Gasteiger partial charge is 0.291 e. The minimum Gasteiger partial charge on any atom is -0.459 e. The van der Waals surface area contributed by atoms with Gasteiger partial charge in [0, 0.05) is 51.1 Å². The molecule has 7 nitrogen and oxygen atoms in total. The molecule has 1 aromatic carbocycles. The Bertz CT molecular complexity index is 885. The first-order valence-electron chi connectivity index (χ1n) is 11.5. The number of amides is 2. The van der Waals surface area contributed by atoms with Crippen LogP contribution in [0.3, 0.4) is 0 Å². The van der Waals surface area contributed by atoms with Crippen LogP contribution in [0.25, 0.3) is 0 Å². The van der Waals surface area contributed by atoms with Crippen molar-refractivity contribution in [2.45, 2.75) is 52.2 Å². The molecule has 1 atom stereocenters. The highest BCUT2D eigenvalue weighted by molar-refractivity contribution is 6.02. The third-order valence-corrected chi connectivity index (χ3v) is 6.02. The standard InChI is InChI=1S/C25H35N3O4/c1-5-18(6-2)25(30)28(17-21-9-7-13-31-21)16-19-15-20(11-12-22(19)27(3)4)26-24(29)23-10-8-14-32-23/h8,10-12,14-15,18,21H,5-7,9,13,16-17H2,1-4H3,(H,26,29)/t21-/m1/s1. The summed E-state index contributed by atoms with van der Waals surface area (Å²) in [5.74, 6) is 0.122. The molecule has 2 aromatic rings. The lowest BCUT2D eigenvalue weighted by atomic mass is 10.0. The van der Waals surface area contributed by atoms with E-state index in [4.69, 9.17) is 9.15 Å². The van der Waals surface area contributed by atoms with Crippen molar-refractivity contribution in [3.05, 3.63) is 47.9 Å². The molecule has 0 radical (unpaired) electrons. The van der Waals surface area contributed by atoms with Crippen molar-refractivity contribution < 1.29 is 18.7 Å². The van der Waals surface area contributed by atoms with Crippen molar-refractivity contribution in [3.8, 4) is 0 Å². The van der Waals surface area contributed by atoms with Crippen LogP contribution in [0, 0.1) is 5.92 Å². The Morgan fingerprint density at radius 1 is 1.19 bits per heavy atom. The second kappa shape index (κ2) is 11.2. The van der Waals surface area contributed by atoms with E-state index >= 15 is 0 Å². The fourth-order valence-corrected chi connectivity index (χ4v) is 4.19. The molecule has 1 saturated heterocycles. The van der Waals surface area contributed by atoms with Crippen molar-refractivity contribution in [2.24, 2.45) is 5.92 Å². The minimum absolute atomic E-state index is 0.000970. The van der Waals surface area contributed by atoms with E-state index in [0.717, 1.165) is 43.5 Å². The van der Waals surface area contributed by atoms with Gasteiger partial charge in [0.1, 0.15) is 0 Å². The van der Waals surface area contributed by atoms with E-state index in [1.54, 1.807) is 12.1 Å². The van der Waals surface area contributed by atoms with Crippen LogP contribution in [-0.4, -0.2) is 50.1 Å². The second-order valence-corrected chi connectivity index (χ2v) is 8.54. The minimum atomic E-state index is -0.303. The number of rotatable bonds is 10. The number of hydrogen-bond acceptors (Lipinski definition) is 5. The summed E-state index contributed by atoms with van der Waals surface area (Å²) in [6.45, 7) is 5.94. The zero-order valence-electron chi connectivity index (χ0n) is 19.6. The summed E-state index contributed by atoms with van der Waals surface area (Å²) in [4.78, 5) is 29.8. The molecule has 1 aliphatic rings. The molecule has 0 spiro atoms. The van der Waals surface area contributed by atoms with Gasteiger partial charge in [-0.1, -0.05) is 13.8 Å². The van der Waals surface area contributed by atoms with E-state index in [-0.39, 0.29) is 29.6 Å². The Balaban J connectivity index is 1.86. The molecule has 1 aromatic heterocycles. The predicted octanol–water partition coefficient (Wildman–Crippen LogP) is 4.54. The van der Waals surface area contributed by atoms with Gasteiger partial charge in [-0.2, -0.15) is 0 Å². The molecular formula is C25H35N3O4. The molecule has 7 heteroatoms. The van der Waals surface area contributed by atoms with Gasteiger partial charge in [-0.3, -0.25) is 9.59 Å². The summed E-state index contributed by atoms with van der Waals surface area (Å²) in [5, 5.41) is 2.89. The predicted molar refractivity (Wildman–Crippen MR) is 126 cm³/mol. The number of carbonyl (C=O) groups is 2. The maximum absolute atomic E-state index is 13.4. The van der Waals surface area contributed by atoms with E-state index in [2.05, 4.69) is 19.2 Å². The van der Waals surface area contributed by atoms with Gasteiger partial charge in [0.15, 0.2) is 5.76 Å². The van der Waals surface area contributed by atoms with Crippen LogP contribution in [0.1, 0.15) is 55.6 Å². The number of nitrogens with zero attached hydrogens (tertiary/aromatic N) is 2. The summed E-state index contributed by atoms with van der Waals surface area (Å²) < 4.78 is 11.0. The number of carbonyl (C=O) groups excluding carboxylic acids is 2. The lowest BCUT2D eigenvalue weighted by Crippen LogP contribution is -2.40. The molecule has 0 aliphatic carbocycles. The summed E-state index contributed by atoms with van der Waals surface area (Å²) in [7, 11) is 3.96. The summed E-state index contributed by atoms with van der Waals surface area (Å²) in [6.07, 6.45) is 5.20. The lowest BCUT2D eigenvalue weighted by Gasteiger charge is -2.30. The zero-order valence-corrected chi connectivity index (χ0v) is 19.6. The molecule has 1 aliphatic heterocycles. The number of benzene rings is 1. The third-order valence-electron chi connectivity index (χ3n) is 6.02. The van der Waals surface area contributed by atoms with Gasteiger partial charge in [-0.05, 0) is 61.6 Å². The van der Waals surface area contributed by atoms with Gasteiger partial charge < -0.3 is 24.3 Å². The van der Waals surface area contributed by atoms with Gasteiger partial charge in [-0.25, -0.2) is 0 Å². The van der Waals surface area contributed by atoms with Crippen molar-refractivity contribution >= 4 is 23.2 Å². The average molecular weight is 442 g/mol. The van der Waals surface area contributed by atoms with Crippen molar-refractivity contribution in [2.75, 3.05) is 37.5 Å². The summed E-state index contributed by atoms with van der Waals surface area (Å²) in [6, 6.07) is 9.09. The number of furan rings is 1. The van der Waals surface area contributed by atoms with Gasteiger partial charge >= 0.3 is 0 Å². The van der Waals surface area contributed by atoms with Gasteiger partial charge in [0.05, 0.1) is 12.4 Å². The first-order valence-corrected chi connectivity index (χ1v) is 11.5. The van der Waals surface area contributed by atoms with Crippen LogP contribution in [0.2, 0.25) is 0 Å². The molecule has 0 unspecified atom stereocenters. The number of hydrogen-bond donors (Lipinski definition) is 1. The van der Waals surface area contributed by atoms with E-state index in [1.807, 2.05) is 42.1 Å². The van der Waals surface area contributed by atoms with E-state index in [9.17, 15) is 9.59 Å². The molecule has 174 valence electrons. The molecule has 1 fully saturated rings. The number of ether oxygens (including phenoxy) is 1. The van der Waals surface area contributed by atoms with Crippen molar-refractivity contribution in [1.29, 1.82) is 0 Å². The van der Waals surface area contributed by atoms with Crippen LogP contribution in [-0.2, 0) is 16.1 Å².